The Morgan fingerprint density at radius 3 is 1.65 bits per heavy atom. The molecule has 0 saturated heterocycles. The highest BCUT2D eigenvalue weighted by atomic mass is 16.5. The molecule has 0 saturated carbocycles. The molecule has 0 fully saturated rings. The molecule has 6 rings (SSSR count). The summed E-state index contributed by atoms with van der Waals surface area (Å²) in [4.78, 5) is 0. The van der Waals surface area contributed by atoms with Gasteiger partial charge in [-0.1, -0.05) is 97.1 Å². The summed E-state index contributed by atoms with van der Waals surface area (Å²) in [6.45, 7) is 2.49. The van der Waals surface area contributed by atoms with Crippen LogP contribution in [0.4, 0.5) is 0 Å². The molecule has 1 heterocycles. The van der Waals surface area contributed by atoms with Crippen molar-refractivity contribution in [1.82, 2.24) is 0 Å². The van der Waals surface area contributed by atoms with E-state index in [1.807, 2.05) is 60.7 Å². The topological polar surface area (TPSA) is 53.5 Å². The van der Waals surface area contributed by atoms with E-state index in [1.165, 1.54) is 16.7 Å². The molecule has 0 aromatic heterocycles. The SMILES string of the molecule is COc1cc2c(cc1OCc1ccccc1)C(Cc1ccc(OCc3ccccc3)c(OCc3ccccc3)c1)[NH2+]CC2. The Hall–Kier alpha value is -4.74. The number of hydrogen-bond donors (Lipinski definition) is 1. The van der Waals surface area contributed by atoms with E-state index in [1.54, 1.807) is 7.11 Å². The van der Waals surface area contributed by atoms with Crippen LogP contribution >= 0.6 is 0 Å². The van der Waals surface area contributed by atoms with Crippen LogP contribution in [0.5, 0.6) is 23.0 Å². The minimum absolute atomic E-state index is 0.256. The number of fused-ring (bicyclic) bond motifs is 1. The Bertz CT molecular complexity index is 1610. The quantitative estimate of drug-likeness (QED) is 0.178. The maximum Gasteiger partial charge on any atom is 0.162 e. The van der Waals surface area contributed by atoms with Crippen molar-refractivity contribution in [3.05, 3.63) is 155 Å². The third-order valence-electron chi connectivity index (χ3n) is 7.87. The Balaban J connectivity index is 1.23. The van der Waals surface area contributed by atoms with Crippen LogP contribution in [0.3, 0.4) is 0 Å². The molecular formula is C38H38NO4+. The molecule has 1 unspecified atom stereocenters. The molecule has 0 spiro atoms. The molecule has 0 aliphatic carbocycles. The van der Waals surface area contributed by atoms with Crippen molar-refractivity contribution in [2.45, 2.75) is 38.7 Å². The summed E-state index contributed by atoms with van der Waals surface area (Å²) in [6, 6.07) is 41.6. The summed E-state index contributed by atoms with van der Waals surface area (Å²) in [5.74, 6) is 3.07. The van der Waals surface area contributed by atoms with Crippen LogP contribution in [0.25, 0.3) is 0 Å². The summed E-state index contributed by atoms with van der Waals surface area (Å²) in [6.07, 6.45) is 1.86. The Kier molecular flexibility index (Phi) is 9.21. The largest absolute Gasteiger partial charge is 0.493 e. The van der Waals surface area contributed by atoms with Gasteiger partial charge in [0.25, 0.3) is 0 Å². The van der Waals surface area contributed by atoms with Crippen molar-refractivity contribution in [2.24, 2.45) is 0 Å². The Morgan fingerprint density at radius 1 is 0.558 bits per heavy atom. The average Bonchev–Trinajstić information content (AvgIpc) is 3.07. The third kappa shape index (κ3) is 7.37. The lowest BCUT2D eigenvalue weighted by atomic mass is 9.89. The van der Waals surface area contributed by atoms with Crippen molar-refractivity contribution in [3.8, 4) is 23.0 Å². The van der Waals surface area contributed by atoms with Gasteiger partial charge in [-0.3, -0.25) is 0 Å². The molecule has 1 aliphatic heterocycles. The molecule has 1 aliphatic rings. The molecule has 43 heavy (non-hydrogen) atoms. The summed E-state index contributed by atoms with van der Waals surface area (Å²) in [5.41, 5.74) is 7.18. The monoisotopic (exact) mass is 572 g/mol. The van der Waals surface area contributed by atoms with E-state index < -0.39 is 0 Å². The number of rotatable bonds is 12. The summed E-state index contributed by atoms with van der Waals surface area (Å²) >= 11 is 0. The van der Waals surface area contributed by atoms with Crippen LogP contribution < -0.4 is 24.3 Å². The first-order valence-corrected chi connectivity index (χ1v) is 14.9. The maximum atomic E-state index is 6.36. The van der Waals surface area contributed by atoms with Crippen LogP contribution in [0.15, 0.2) is 121 Å². The van der Waals surface area contributed by atoms with Gasteiger partial charge in [-0.25, -0.2) is 0 Å². The second kappa shape index (κ2) is 14.0. The summed E-state index contributed by atoms with van der Waals surface area (Å²) in [7, 11) is 1.71. The fourth-order valence-electron chi connectivity index (χ4n) is 5.58. The molecule has 1 atom stereocenters. The van der Waals surface area contributed by atoms with Gasteiger partial charge in [0, 0.05) is 18.4 Å². The van der Waals surface area contributed by atoms with Gasteiger partial charge in [0.2, 0.25) is 0 Å². The van der Waals surface area contributed by atoms with Gasteiger partial charge in [-0.2, -0.15) is 0 Å². The Labute approximate surface area is 254 Å². The van der Waals surface area contributed by atoms with Crippen LogP contribution in [0, 0.1) is 0 Å². The van der Waals surface area contributed by atoms with Crippen molar-refractivity contribution in [1.29, 1.82) is 0 Å². The zero-order valence-corrected chi connectivity index (χ0v) is 24.6. The molecule has 2 N–H and O–H groups in total. The molecule has 0 bridgehead atoms. The summed E-state index contributed by atoms with van der Waals surface area (Å²) < 4.78 is 24.6. The molecule has 5 heteroatoms. The smallest absolute Gasteiger partial charge is 0.162 e. The fourth-order valence-corrected chi connectivity index (χ4v) is 5.58. The van der Waals surface area contributed by atoms with Crippen molar-refractivity contribution in [3.63, 3.8) is 0 Å². The first kappa shape index (κ1) is 28.4. The minimum Gasteiger partial charge on any atom is -0.493 e. The highest BCUT2D eigenvalue weighted by Gasteiger charge is 2.26. The number of hydrogen-bond acceptors (Lipinski definition) is 4. The van der Waals surface area contributed by atoms with E-state index in [2.05, 4.69) is 66.0 Å². The average molecular weight is 573 g/mol. The van der Waals surface area contributed by atoms with Gasteiger partial charge in [0.15, 0.2) is 23.0 Å². The number of quaternary nitrogens is 1. The second-order valence-electron chi connectivity index (χ2n) is 10.9. The molecule has 218 valence electrons. The highest BCUT2D eigenvalue weighted by Crippen LogP contribution is 2.36. The third-order valence-corrected chi connectivity index (χ3v) is 7.87. The van der Waals surface area contributed by atoms with Gasteiger partial charge in [-0.05, 0) is 52.1 Å². The van der Waals surface area contributed by atoms with Crippen molar-refractivity contribution < 1.29 is 24.3 Å². The summed E-state index contributed by atoms with van der Waals surface area (Å²) in [5, 5.41) is 2.43. The normalized spacial score (nSPS) is 14.0. The van der Waals surface area contributed by atoms with Gasteiger partial charge in [0.05, 0.1) is 13.7 Å². The van der Waals surface area contributed by atoms with E-state index in [4.69, 9.17) is 18.9 Å². The number of ether oxygens (including phenoxy) is 4. The molecular weight excluding hydrogens is 534 g/mol. The van der Waals surface area contributed by atoms with Crippen LogP contribution in [-0.4, -0.2) is 13.7 Å². The fraction of sp³-hybridized carbons (Fsp3) is 0.211. The van der Waals surface area contributed by atoms with E-state index >= 15 is 0 Å². The number of benzene rings is 5. The molecule has 5 aromatic carbocycles. The van der Waals surface area contributed by atoms with E-state index in [0.29, 0.717) is 19.8 Å². The van der Waals surface area contributed by atoms with Crippen LogP contribution in [-0.2, 0) is 32.7 Å². The maximum absolute atomic E-state index is 6.36. The molecule has 5 nitrogen and oxygen atoms in total. The van der Waals surface area contributed by atoms with Gasteiger partial charge >= 0.3 is 0 Å². The van der Waals surface area contributed by atoms with Crippen molar-refractivity contribution in [2.75, 3.05) is 13.7 Å². The van der Waals surface area contributed by atoms with E-state index in [0.717, 1.165) is 59.1 Å². The second-order valence-corrected chi connectivity index (χ2v) is 10.9. The van der Waals surface area contributed by atoms with Gasteiger partial charge in [-0.15, -0.1) is 0 Å². The van der Waals surface area contributed by atoms with Gasteiger partial charge in [0.1, 0.15) is 25.9 Å². The standard InChI is InChI=1S/C38H37NO4/c1-40-36-23-32-19-20-39-34(33(32)24-38(36)43-27-30-15-9-4-10-16-30)21-31-17-18-35(41-25-28-11-5-2-6-12-28)37(22-31)42-26-29-13-7-3-8-14-29/h2-18,22-24,34,39H,19-21,25-27H2,1H3/p+1. The predicted octanol–water partition coefficient (Wildman–Crippen LogP) is 6.84. The van der Waals surface area contributed by atoms with E-state index in [9.17, 15) is 0 Å². The molecule has 0 radical (unpaired) electrons. The minimum atomic E-state index is 0.256. The van der Waals surface area contributed by atoms with Crippen LogP contribution in [0.2, 0.25) is 0 Å². The zero-order chi connectivity index (χ0) is 29.3. The lowest BCUT2D eigenvalue weighted by Crippen LogP contribution is -2.87. The van der Waals surface area contributed by atoms with Crippen molar-refractivity contribution >= 4 is 0 Å². The van der Waals surface area contributed by atoms with E-state index in [-0.39, 0.29) is 6.04 Å². The first-order chi connectivity index (χ1) is 21.2. The Morgan fingerprint density at radius 2 is 1.09 bits per heavy atom. The lowest BCUT2D eigenvalue weighted by molar-refractivity contribution is -0.698. The molecule has 0 amide bonds. The van der Waals surface area contributed by atoms with Crippen LogP contribution in [0.1, 0.15) is 39.4 Å². The molecule has 5 aromatic rings. The zero-order valence-electron chi connectivity index (χ0n) is 24.6. The van der Waals surface area contributed by atoms with Gasteiger partial charge < -0.3 is 24.3 Å². The lowest BCUT2D eigenvalue weighted by Gasteiger charge is -2.26. The number of nitrogens with two attached hydrogens (primary N) is 1. The number of methoxy groups -OCH3 is 1. The predicted molar refractivity (Wildman–Crippen MR) is 169 cm³/mol. The highest BCUT2D eigenvalue weighted by molar-refractivity contribution is 5.50. The first-order valence-electron chi connectivity index (χ1n) is 14.9.